The zero-order valence-electron chi connectivity index (χ0n) is 16.1. The molecule has 0 saturated heterocycles. The number of Topliss-reactive ketones (excluding diaryl/α,β-unsaturated/α-hetero) is 3. The molecule has 1 fully saturated rings. The monoisotopic (exact) mass is 409 g/mol. The van der Waals surface area contributed by atoms with Crippen molar-refractivity contribution in [2.45, 2.75) is 26.2 Å². The predicted molar refractivity (Wildman–Crippen MR) is 109 cm³/mol. The molecule has 148 valence electrons. The summed E-state index contributed by atoms with van der Waals surface area (Å²) in [5.74, 6) is -1.05. The highest BCUT2D eigenvalue weighted by molar-refractivity contribution is 7.20. The highest BCUT2D eigenvalue weighted by Crippen LogP contribution is 2.37. The van der Waals surface area contributed by atoms with Gasteiger partial charge in [0, 0.05) is 18.4 Å². The molecule has 0 aliphatic heterocycles. The molecule has 0 spiro atoms. The Balaban J connectivity index is 1.68. The second-order valence-electron chi connectivity index (χ2n) is 6.90. The normalized spacial score (nSPS) is 15.0. The van der Waals surface area contributed by atoms with Crippen LogP contribution < -0.4 is 9.47 Å². The summed E-state index contributed by atoms with van der Waals surface area (Å²) < 4.78 is 12.0. The van der Waals surface area contributed by atoms with Crippen molar-refractivity contribution in [2.75, 3.05) is 7.11 Å². The van der Waals surface area contributed by atoms with Gasteiger partial charge in [-0.05, 0) is 43.2 Å². The minimum absolute atomic E-state index is 0.275. The molecule has 1 saturated carbocycles. The fourth-order valence-corrected chi connectivity index (χ4v) is 4.45. The molecule has 0 radical (unpaired) electrons. The first-order valence-electron chi connectivity index (χ1n) is 9.30. The van der Waals surface area contributed by atoms with Gasteiger partial charge in [-0.25, -0.2) is 4.98 Å². The van der Waals surface area contributed by atoms with Crippen LogP contribution in [-0.4, -0.2) is 29.4 Å². The summed E-state index contributed by atoms with van der Waals surface area (Å²) in [7, 11) is 1.57. The lowest BCUT2D eigenvalue weighted by atomic mass is 9.81. The third-order valence-corrected chi connectivity index (χ3v) is 5.98. The number of aromatic nitrogens is 1. The molecule has 3 aromatic rings. The average Bonchev–Trinajstić information content (AvgIpc) is 3.12. The number of rotatable bonds is 5. The minimum Gasteiger partial charge on any atom is -0.493 e. The van der Waals surface area contributed by atoms with Crippen molar-refractivity contribution in [3.8, 4) is 16.7 Å². The van der Waals surface area contributed by atoms with E-state index in [0.29, 0.717) is 39.8 Å². The molecule has 0 atom stereocenters. The number of aryl methyl sites for hydroxylation is 1. The lowest BCUT2D eigenvalue weighted by Crippen LogP contribution is -2.35. The summed E-state index contributed by atoms with van der Waals surface area (Å²) >= 11 is 1.35. The summed E-state index contributed by atoms with van der Waals surface area (Å²) in [6, 6.07) is 10.7. The summed E-state index contributed by atoms with van der Waals surface area (Å²) in [4.78, 5) is 41.8. The smallest absolute Gasteiger partial charge is 0.279 e. The summed E-state index contributed by atoms with van der Waals surface area (Å²) in [5, 5.41) is 0.419. The third kappa shape index (κ3) is 3.53. The number of carbonyl (C=O) groups is 3. The van der Waals surface area contributed by atoms with Crippen LogP contribution in [0.1, 0.15) is 35.2 Å². The van der Waals surface area contributed by atoms with Gasteiger partial charge in [-0.15, -0.1) is 0 Å². The fourth-order valence-electron chi connectivity index (χ4n) is 3.57. The van der Waals surface area contributed by atoms with Gasteiger partial charge in [0.25, 0.3) is 5.19 Å². The van der Waals surface area contributed by atoms with Crippen LogP contribution in [-0.2, 0) is 9.59 Å². The van der Waals surface area contributed by atoms with Gasteiger partial charge in [0.15, 0.2) is 28.8 Å². The highest BCUT2D eigenvalue weighted by atomic mass is 32.1. The van der Waals surface area contributed by atoms with Crippen LogP contribution in [0.5, 0.6) is 16.7 Å². The van der Waals surface area contributed by atoms with Crippen LogP contribution >= 0.6 is 11.3 Å². The van der Waals surface area contributed by atoms with Gasteiger partial charge in [-0.3, -0.25) is 14.4 Å². The van der Waals surface area contributed by atoms with E-state index >= 15 is 0 Å². The Morgan fingerprint density at radius 2 is 1.76 bits per heavy atom. The van der Waals surface area contributed by atoms with Crippen molar-refractivity contribution in [3.63, 3.8) is 0 Å². The van der Waals surface area contributed by atoms with Crippen molar-refractivity contribution < 1.29 is 23.9 Å². The first-order chi connectivity index (χ1) is 14.0. The molecule has 6 nitrogen and oxygen atoms in total. The number of hydrogen-bond acceptors (Lipinski definition) is 7. The van der Waals surface area contributed by atoms with E-state index in [0.717, 1.165) is 4.70 Å². The van der Waals surface area contributed by atoms with Gasteiger partial charge in [0.1, 0.15) is 5.92 Å². The number of carbonyl (C=O) groups excluding carboxylic acids is 3. The molecule has 1 aliphatic carbocycles. The van der Waals surface area contributed by atoms with Gasteiger partial charge >= 0.3 is 0 Å². The quantitative estimate of drug-likeness (QED) is 0.455. The molecule has 4 rings (SSSR count). The van der Waals surface area contributed by atoms with Gasteiger partial charge < -0.3 is 9.47 Å². The lowest BCUT2D eigenvalue weighted by molar-refractivity contribution is -0.133. The van der Waals surface area contributed by atoms with Crippen LogP contribution in [0.25, 0.3) is 10.2 Å². The molecule has 1 aliphatic rings. The number of hydrogen-bond donors (Lipinski definition) is 0. The molecule has 29 heavy (non-hydrogen) atoms. The molecular formula is C22H19NO5S. The van der Waals surface area contributed by atoms with Gasteiger partial charge in [-0.2, -0.15) is 0 Å². The molecule has 0 bridgehead atoms. The summed E-state index contributed by atoms with van der Waals surface area (Å²) in [6.45, 7) is 1.78. The predicted octanol–water partition coefficient (Wildman–Crippen LogP) is 4.53. The molecule has 0 amide bonds. The van der Waals surface area contributed by atoms with E-state index < -0.39 is 11.7 Å². The average molecular weight is 409 g/mol. The molecule has 1 heterocycles. The summed E-state index contributed by atoms with van der Waals surface area (Å²) in [5.41, 5.74) is 1.63. The number of methoxy groups -OCH3 is 1. The van der Waals surface area contributed by atoms with E-state index in [-0.39, 0.29) is 24.4 Å². The fraction of sp³-hybridized carbons (Fsp3) is 0.273. The van der Waals surface area contributed by atoms with Crippen LogP contribution in [0, 0.1) is 12.8 Å². The maximum absolute atomic E-state index is 13.0. The molecular weight excluding hydrogens is 390 g/mol. The van der Waals surface area contributed by atoms with Crippen LogP contribution in [0.15, 0.2) is 36.4 Å². The van der Waals surface area contributed by atoms with Crippen LogP contribution in [0.4, 0.5) is 0 Å². The van der Waals surface area contributed by atoms with Crippen LogP contribution in [0.2, 0.25) is 0 Å². The largest absolute Gasteiger partial charge is 0.493 e. The van der Waals surface area contributed by atoms with Crippen molar-refractivity contribution in [1.29, 1.82) is 0 Å². The summed E-state index contributed by atoms with van der Waals surface area (Å²) in [6.07, 6.45) is 1.07. The maximum Gasteiger partial charge on any atom is 0.279 e. The standard InChI is InChI=1S/C22H19NO5S/c1-12-13(21(26)19-14(24)6-5-7-15(19)25)10-11-18-20(12)23-22(29-18)28-17-9-4-3-8-16(17)27-2/h3-4,8-11,19H,5-7H2,1-2H3. The molecule has 7 heteroatoms. The first kappa shape index (κ1) is 19.3. The Labute approximate surface area is 171 Å². The van der Waals surface area contributed by atoms with Crippen molar-refractivity contribution in [3.05, 3.63) is 47.5 Å². The van der Waals surface area contributed by atoms with E-state index in [1.54, 1.807) is 38.3 Å². The molecule has 0 N–H and O–H groups in total. The van der Waals surface area contributed by atoms with Crippen molar-refractivity contribution >= 4 is 38.9 Å². The SMILES string of the molecule is COc1ccccc1Oc1nc2c(C)c(C(=O)C3C(=O)CCCC3=O)ccc2s1. The van der Waals surface area contributed by atoms with Crippen LogP contribution in [0.3, 0.4) is 0 Å². The number of fused-ring (bicyclic) bond motifs is 1. The van der Waals surface area contributed by atoms with E-state index in [1.807, 2.05) is 12.1 Å². The Bertz CT molecular complexity index is 1120. The van der Waals surface area contributed by atoms with E-state index in [4.69, 9.17) is 9.47 Å². The number of nitrogens with zero attached hydrogens (tertiary/aromatic N) is 1. The Kier molecular flexibility index (Phi) is 5.15. The van der Waals surface area contributed by atoms with Gasteiger partial charge in [-0.1, -0.05) is 23.5 Å². The number of ether oxygens (including phenoxy) is 2. The van der Waals surface area contributed by atoms with E-state index in [1.165, 1.54) is 11.3 Å². The first-order valence-corrected chi connectivity index (χ1v) is 10.1. The van der Waals surface area contributed by atoms with Gasteiger partial charge in [0.05, 0.1) is 17.3 Å². The second kappa shape index (κ2) is 7.75. The number of ketones is 3. The Hall–Kier alpha value is -3.06. The zero-order valence-corrected chi connectivity index (χ0v) is 16.9. The van der Waals surface area contributed by atoms with E-state index in [9.17, 15) is 14.4 Å². The van der Waals surface area contributed by atoms with Crippen molar-refractivity contribution in [2.24, 2.45) is 5.92 Å². The Morgan fingerprint density at radius 1 is 1.07 bits per heavy atom. The molecule has 0 unspecified atom stereocenters. The maximum atomic E-state index is 13.0. The number of benzene rings is 2. The minimum atomic E-state index is -1.18. The number of para-hydroxylation sites is 2. The van der Waals surface area contributed by atoms with Crippen molar-refractivity contribution in [1.82, 2.24) is 4.98 Å². The zero-order chi connectivity index (χ0) is 20.5. The molecule has 2 aromatic carbocycles. The Morgan fingerprint density at radius 3 is 2.45 bits per heavy atom. The van der Waals surface area contributed by atoms with E-state index in [2.05, 4.69) is 4.98 Å². The lowest BCUT2D eigenvalue weighted by Gasteiger charge is -2.19. The topological polar surface area (TPSA) is 82.6 Å². The highest BCUT2D eigenvalue weighted by Gasteiger charge is 2.37. The number of thiazole rings is 1. The second-order valence-corrected chi connectivity index (χ2v) is 7.89. The third-order valence-electron chi connectivity index (χ3n) is 5.08. The molecule has 1 aromatic heterocycles. The van der Waals surface area contributed by atoms with Gasteiger partial charge in [0.2, 0.25) is 0 Å².